The number of rotatable bonds is 33. The van der Waals surface area contributed by atoms with Crippen LogP contribution < -0.4 is 27.2 Å². The zero-order valence-corrected chi connectivity index (χ0v) is 45.1. The molecule has 4 aliphatic rings. The molecule has 8 unspecified atom stereocenters. The lowest BCUT2D eigenvalue weighted by atomic mass is 9.70. The first kappa shape index (κ1) is 61.1. The highest BCUT2D eigenvalue weighted by atomic mass is 16.4. The molecule has 12 atom stereocenters. The highest BCUT2D eigenvalue weighted by Gasteiger charge is 2.42. The van der Waals surface area contributed by atoms with Crippen molar-refractivity contribution >= 4 is 58.1 Å². The minimum Gasteiger partial charge on any atom is -0.550 e. The smallest absolute Gasteiger partial charge is 0.220 e. The summed E-state index contributed by atoms with van der Waals surface area (Å²) < 4.78 is 0. The lowest BCUT2D eigenvalue weighted by molar-refractivity contribution is -0.669. The molecule has 0 spiro atoms. The van der Waals surface area contributed by atoms with Crippen LogP contribution in [0.3, 0.4) is 0 Å². The number of aliphatic carboxylic acids is 1. The number of amides is 1. The average molecular weight is 1050 g/mol. The second-order valence-corrected chi connectivity index (χ2v) is 23.4. The van der Waals surface area contributed by atoms with Crippen molar-refractivity contribution in [2.75, 3.05) is 32.7 Å². The van der Waals surface area contributed by atoms with E-state index >= 15 is 0 Å². The fraction of sp³-hybridized carbons (Fsp3) is 0.729. The molecule has 16 heteroatoms. The van der Waals surface area contributed by atoms with Gasteiger partial charge in [0.25, 0.3) is 0 Å². The Bertz CT molecular complexity index is 2140. The van der Waals surface area contributed by atoms with E-state index in [0.29, 0.717) is 58.2 Å². The Balaban J connectivity index is 1.30. The summed E-state index contributed by atoms with van der Waals surface area (Å²) in [4.78, 5) is 135. The number of phenolic OH excluding ortho intramolecular Hbond substituents is 1. The fourth-order valence-corrected chi connectivity index (χ4v) is 13.3. The maximum Gasteiger partial charge on any atom is 0.220 e. The predicted molar refractivity (Wildman–Crippen MR) is 277 cm³/mol. The zero-order valence-electron chi connectivity index (χ0n) is 45.1. The number of benzene rings is 1. The van der Waals surface area contributed by atoms with E-state index in [2.05, 4.69) is 11.1 Å². The van der Waals surface area contributed by atoms with Crippen LogP contribution in [-0.2, 0) is 54.4 Å². The predicted octanol–water partition coefficient (Wildman–Crippen LogP) is 2.55. The summed E-state index contributed by atoms with van der Waals surface area (Å²) in [6, 6.07) is 6.53. The van der Waals surface area contributed by atoms with E-state index in [4.69, 9.17) is 5.73 Å². The van der Waals surface area contributed by atoms with Gasteiger partial charge in [0.15, 0.2) is 0 Å². The van der Waals surface area contributed by atoms with Crippen molar-refractivity contribution < 1.29 is 74.5 Å². The van der Waals surface area contributed by atoms with E-state index in [1.54, 1.807) is 26.0 Å². The average Bonchev–Trinajstić information content (AvgIpc) is 3.37. The first-order valence-electron chi connectivity index (χ1n) is 28.7. The van der Waals surface area contributed by atoms with Crippen LogP contribution in [0.4, 0.5) is 0 Å². The number of carbonyl (C=O) groups is 10. The lowest BCUT2D eigenvalue weighted by Crippen LogP contribution is -2.88. The second kappa shape index (κ2) is 30.8. The molecular formula is C59H90N4O12+2. The Morgan fingerprint density at radius 3 is 1.53 bits per heavy atom. The number of ketones is 8. The van der Waals surface area contributed by atoms with E-state index in [0.717, 1.165) is 70.0 Å². The molecule has 1 amide bonds. The molecule has 0 radical (unpaired) electrons. The summed E-state index contributed by atoms with van der Waals surface area (Å²) in [5.41, 5.74) is 10.2. The molecule has 0 aromatic heterocycles. The Morgan fingerprint density at radius 2 is 1.04 bits per heavy atom. The summed E-state index contributed by atoms with van der Waals surface area (Å²) in [7, 11) is 0. The van der Waals surface area contributed by atoms with Gasteiger partial charge in [-0.25, -0.2) is 0 Å². The molecular weight excluding hydrogens is 957 g/mol. The number of quaternary nitrogens is 3. The highest BCUT2D eigenvalue weighted by molar-refractivity contribution is 5.94. The van der Waals surface area contributed by atoms with Crippen LogP contribution in [0.2, 0.25) is 0 Å². The molecule has 4 fully saturated rings. The van der Waals surface area contributed by atoms with E-state index in [1.807, 2.05) is 5.32 Å². The molecule has 75 heavy (non-hydrogen) atoms. The van der Waals surface area contributed by atoms with Gasteiger partial charge in [-0.05, 0) is 112 Å². The van der Waals surface area contributed by atoms with Gasteiger partial charge in [-0.1, -0.05) is 44.7 Å². The third-order valence-corrected chi connectivity index (χ3v) is 17.7. The minimum atomic E-state index is -1.34. The van der Waals surface area contributed by atoms with Gasteiger partial charge in [-0.3, -0.25) is 38.4 Å². The number of carboxylic acid groups (broad SMARTS) is 1. The van der Waals surface area contributed by atoms with E-state index in [1.165, 1.54) is 12.1 Å². The molecule has 416 valence electrons. The summed E-state index contributed by atoms with van der Waals surface area (Å²) in [5, 5.41) is 25.9. The largest absolute Gasteiger partial charge is 0.550 e. The molecule has 2 saturated carbocycles. The molecule has 2 saturated heterocycles. The number of phenols is 1. The van der Waals surface area contributed by atoms with Gasteiger partial charge in [0.2, 0.25) is 5.91 Å². The summed E-state index contributed by atoms with van der Waals surface area (Å²) in [5.74, 6) is -8.18. The topological polar surface area (TPSA) is 301 Å². The van der Waals surface area contributed by atoms with Crippen molar-refractivity contribution in [2.45, 2.75) is 168 Å². The number of piperidine rings is 2. The second-order valence-electron chi connectivity index (χ2n) is 23.4. The quantitative estimate of drug-likeness (QED) is 0.0635. The fourth-order valence-electron chi connectivity index (χ4n) is 13.3. The molecule has 2 aliphatic heterocycles. The molecule has 1 aromatic carbocycles. The third-order valence-electron chi connectivity index (χ3n) is 17.7. The molecule has 1 aromatic rings. The van der Waals surface area contributed by atoms with Crippen LogP contribution >= 0.6 is 0 Å². The van der Waals surface area contributed by atoms with Crippen molar-refractivity contribution in [3.63, 3.8) is 0 Å². The number of primary amides is 1. The number of carbonyl (C=O) groups excluding carboxylic acids is 10. The Kier molecular flexibility index (Phi) is 25.1. The maximum atomic E-state index is 14.8. The number of carboxylic acids is 1. The number of Topliss-reactive ketones (excluding diaryl/α,β-unsaturated/α-hetero) is 8. The summed E-state index contributed by atoms with van der Waals surface area (Å²) in [6.07, 6.45) is 9.56. The zero-order chi connectivity index (χ0) is 54.6. The number of hydrogen-bond donors (Lipinski definition) is 5. The normalized spacial score (nSPS) is 25.7. The first-order chi connectivity index (χ1) is 35.8. The van der Waals surface area contributed by atoms with Gasteiger partial charge in [0.05, 0.1) is 44.6 Å². The van der Waals surface area contributed by atoms with Gasteiger partial charge in [-0.2, -0.15) is 0 Å². The van der Waals surface area contributed by atoms with E-state index in [9.17, 15) is 58.2 Å². The van der Waals surface area contributed by atoms with Gasteiger partial charge in [0, 0.05) is 106 Å². The molecule has 16 nitrogen and oxygen atoms in total. The first-order valence-corrected chi connectivity index (χ1v) is 28.7. The number of aromatic hydroxyl groups is 1. The summed E-state index contributed by atoms with van der Waals surface area (Å²) >= 11 is 0. The van der Waals surface area contributed by atoms with Crippen molar-refractivity contribution in [3.05, 3.63) is 29.8 Å². The Morgan fingerprint density at radius 1 is 0.600 bits per heavy atom. The van der Waals surface area contributed by atoms with Crippen LogP contribution in [0.15, 0.2) is 24.3 Å². The van der Waals surface area contributed by atoms with Gasteiger partial charge in [0.1, 0.15) is 52.0 Å². The number of unbranched alkanes of at least 4 members (excludes halogenated alkanes) is 1. The highest BCUT2D eigenvalue weighted by Crippen LogP contribution is 2.39. The van der Waals surface area contributed by atoms with Gasteiger partial charge < -0.3 is 41.9 Å². The SMILES string of the molecule is CC(=O)CC1CCCCC1C(=O)C[C@H](CCCC[NH3+])C(=O)CC1CC[NH2+]CC1C(=O)C[C@H](Cc1ccc(O)cc1)C(=O)CC1CCCCC1C(=O)C[C@H](CCC(=O)[O-])C(=O)CC1CC[NH2+]CC1C(=O)C[C@H](C)C(N)=O. The van der Waals surface area contributed by atoms with Crippen molar-refractivity contribution in [1.29, 1.82) is 0 Å². The Labute approximate surface area is 444 Å². The molecule has 2 aliphatic carbocycles. The van der Waals surface area contributed by atoms with Crippen LogP contribution in [0.5, 0.6) is 5.75 Å². The Hall–Kier alpha value is -4.80. The molecule has 10 N–H and O–H groups in total. The minimum absolute atomic E-state index is 0.00452. The van der Waals surface area contributed by atoms with Crippen molar-refractivity contribution in [3.8, 4) is 5.75 Å². The number of hydrogen-bond acceptors (Lipinski definition) is 12. The lowest BCUT2D eigenvalue weighted by Gasteiger charge is -2.33. The summed E-state index contributed by atoms with van der Waals surface area (Å²) in [6.45, 7) is 6.24. The van der Waals surface area contributed by atoms with E-state index < -0.39 is 59.7 Å². The monoisotopic (exact) mass is 1050 g/mol. The molecule has 0 bridgehead atoms. The standard InChI is InChI=1S/C59H88N4O12/c1-36(59(61)75)25-54(69)49-34-62-23-20-41(49)30-52(67)44(16-19-58(73)74)32-56(71)48-13-6-4-10-40(48)28-53(68)45(27-38-14-17-46(65)18-15-38)33-57(72)50-35-63-24-21-42(50)29-51(66)43(11-7-8-22-60)31-55(70)47-12-5-3-9-39(47)26-37(2)64/h14-15,17-18,36,39-45,47-50,62-63,65H,3-13,16,19-35,60H2,1-2H3,(H2,61,75)(H,73,74)/p+2/t36-,39?,40?,41?,42?,43-,44-,45-,47?,48?,49?,50?/m0/s1. The molecule has 2 heterocycles. The van der Waals surface area contributed by atoms with Crippen molar-refractivity contribution in [1.82, 2.24) is 0 Å². The van der Waals surface area contributed by atoms with Crippen LogP contribution in [0.25, 0.3) is 0 Å². The molecule has 5 rings (SSSR count). The number of nitrogens with two attached hydrogens (primary N) is 3. The van der Waals surface area contributed by atoms with Crippen LogP contribution in [0.1, 0.15) is 167 Å². The third kappa shape index (κ3) is 19.3. The van der Waals surface area contributed by atoms with Gasteiger partial charge >= 0.3 is 0 Å². The van der Waals surface area contributed by atoms with E-state index in [-0.39, 0.29) is 139 Å². The maximum absolute atomic E-state index is 14.8. The van der Waals surface area contributed by atoms with Crippen LogP contribution in [0, 0.1) is 71.0 Å². The van der Waals surface area contributed by atoms with Crippen LogP contribution in [-0.4, -0.2) is 96.0 Å². The van der Waals surface area contributed by atoms with Gasteiger partial charge in [-0.15, -0.1) is 0 Å². The van der Waals surface area contributed by atoms with Crippen molar-refractivity contribution in [2.24, 2.45) is 76.7 Å².